The summed E-state index contributed by atoms with van der Waals surface area (Å²) in [5.41, 5.74) is -1.24. The van der Waals surface area contributed by atoms with E-state index in [1.165, 1.54) is 29.3 Å². The highest BCUT2D eigenvalue weighted by Crippen LogP contribution is 2.35. The maximum Gasteiger partial charge on any atom is 0.417 e. The number of nitrogens with zero attached hydrogens (tertiary/aromatic N) is 4. The molecule has 2 heterocycles. The molecule has 3 rings (SSSR count). The van der Waals surface area contributed by atoms with E-state index in [2.05, 4.69) is 10.3 Å². The van der Waals surface area contributed by atoms with Crippen molar-refractivity contribution in [1.29, 1.82) is 5.26 Å². The average molecular weight is 446 g/mol. The normalized spacial score (nSPS) is 18.8. The molecule has 1 aromatic carbocycles. The van der Waals surface area contributed by atoms with Crippen LogP contribution in [0, 0.1) is 11.3 Å². The second kappa shape index (κ2) is 8.74. The van der Waals surface area contributed by atoms with Crippen molar-refractivity contribution in [1.82, 2.24) is 9.88 Å². The van der Waals surface area contributed by atoms with E-state index in [9.17, 15) is 27.9 Å². The third kappa shape index (κ3) is 4.74. The summed E-state index contributed by atoms with van der Waals surface area (Å²) in [7, 11) is 0. The number of nitriles is 1. The van der Waals surface area contributed by atoms with E-state index in [0.29, 0.717) is 5.69 Å². The molecule has 1 aliphatic rings. The molecule has 32 heavy (non-hydrogen) atoms. The monoisotopic (exact) mass is 446 g/mol. The predicted octanol–water partition coefficient (Wildman–Crippen LogP) is 2.47. The van der Waals surface area contributed by atoms with E-state index in [1.807, 2.05) is 0 Å². The fourth-order valence-corrected chi connectivity index (χ4v) is 3.63. The molecule has 11 heteroatoms. The van der Waals surface area contributed by atoms with Gasteiger partial charge < -0.3 is 25.0 Å². The van der Waals surface area contributed by atoms with Crippen molar-refractivity contribution in [3.63, 3.8) is 0 Å². The van der Waals surface area contributed by atoms with E-state index >= 15 is 0 Å². The van der Waals surface area contributed by atoms with Gasteiger partial charge in [0.15, 0.2) is 0 Å². The first-order valence-electron chi connectivity index (χ1n) is 9.64. The van der Waals surface area contributed by atoms with Crippen molar-refractivity contribution in [2.24, 2.45) is 0 Å². The summed E-state index contributed by atoms with van der Waals surface area (Å²) in [6, 6.07) is 6.58. The Labute approximate surface area is 181 Å². The van der Waals surface area contributed by atoms with E-state index in [-0.39, 0.29) is 36.6 Å². The van der Waals surface area contributed by atoms with Gasteiger partial charge in [0, 0.05) is 42.7 Å². The largest absolute Gasteiger partial charge is 0.543 e. The van der Waals surface area contributed by atoms with Crippen LogP contribution in [-0.4, -0.2) is 47.1 Å². The van der Waals surface area contributed by atoms with E-state index in [0.717, 1.165) is 12.1 Å². The molecule has 0 radical (unpaired) electrons. The third-order valence-corrected chi connectivity index (χ3v) is 5.23. The highest BCUT2D eigenvalue weighted by Gasteiger charge is 2.36. The maximum absolute atomic E-state index is 13.3. The zero-order chi connectivity index (χ0) is 23.6. The Balaban J connectivity index is 1.77. The summed E-state index contributed by atoms with van der Waals surface area (Å²) in [6.45, 7) is 4.01. The minimum absolute atomic E-state index is 0.215. The number of carbonyl (C=O) groups excluding carboxylic acids is 2. The summed E-state index contributed by atoms with van der Waals surface area (Å²) in [6.07, 6.45) is -3.43. The SMILES string of the molecule is CC1CN(c2ccc(C#N)c(C(F)(F)F)c2)C(C)CN1C(=O)Nc1ccnc(C(=O)[O-])c1. The van der Waals surface area contributed by atoms with Crippen LogP contribution in [-0.2, 0) is 6.18 Å². The summed E-state index contributed by atoms with van der Waals surface area (Å²) in [4.78, 5) is 30.6. The van der Waals surface area contributed by atoms with Crippen molar-refractivity contribution in [3.05, 3.63) is 53.3 Å². The minimum atomic E-state index is -4.66. The molecule has 2 aromatic rings. The molecule has 1 saturated heterocycles. The lowest BCUT2D eigenvalue weighted by molar-refractivity contribution is -0.255. The van der Waals surface area contributed by atoms with Crippen LogP contribution in [0.25, 0.3) is 0 Å². The quantitative estimate of drug-likeness (QED) is 0.775. The Morgan fingerprint density at radius 1 is 1.19 bits per heavy atom. The van der Waals surface area contributed by atoms with Gasteiger partial charge in [0.2, 0.25) is 0 Å². The standard InChI is InChI=1S/C21H20F3N5O3/c1-12-11-29(20(32)27-15-5-6-26-18(7-15)19(30)31)13(2)10-28(12)16-4-3-14(9-25)17(8-16)21(22,23)24/h3-8,12-13H,10-11H2,1-2H3,(H,30,31)(H,26,27,32)/p-1. The van der Waals surface area contributed by atoms with Gasteiger partial charge in [-0.25, -0.2) is 4.79 Å². The Morgan fingerprint density at radius 2 is 1.91 bits per heavy atom. The highest BCUT2D eigenvalue weighted by atomic mass is 19.4. The molecular formula is C21H19F3N5O3-. The zero-order valence-electron chi connectivity index (χ0n) is 17.2. The number of piperazine rings is 1. The fourth-order valence-electron chi connectivity index (χ4n) is 3.63. The molecule has 0 bridgehead atoms. The van der Waals surface area contributed by atoms with Gasteiger partial charge in [0.05, 0.1) is 28.9 Å². The second-order valence-electron chi connectivity index (χ2n) is 7.49. The number of nitrogens with one attached hydrogen (secondary N) is 1. The molecule has 8 nitrogen and oxygen atoms in total. The number of hydrogen-bond donors (Lipinski definition) is 1. The topological polar surface area (TPSA) is 112 Å². The number of hydrogen-bond acceptors (Lipinski definition) is 6. The predicted molar refractivity (Wildman–Crippen MR) is 107 cm³/mol. The van der Waals surface area contributed by atoms with Crippen molar-refractivity contribution in [2.45, 2.75) is 32.1 Å². The van der Waals surface area contributed by atoms with Crippen LogP contribution >= 0.6 is 0 Å². The van der Waals surface area contributed by atoms with Gasteiger partial charge in [-0.2, -0.15) is 18.4 Å². The molecule has 1 N–H and O–H groups in total. The second-order valence-corrected chi connectivity index (χ2v) is 7.49. The first-order valence-corrected chi connectivity index (χ1v) is 9.64. The Bertz CT molecular complexity index is 1080. The number of urea groups is 1. The average Bonchev–Trinajstić information content (AvgIpc) is 2.74. The molecule has 1 fully saturated rings. The van der Waals surface area contributed by atoms with Gasteiger partial charge in [0.25, 0.3) is 0 Å². The first kappa shape index (κ1) is 22.9. The van der Waals surface area contributed by atoms with Crippen LogP contribution in [0.15, 0.2) is 36.5 Å². The Morgan fingerprint density at radius 3 is 2.53 bits per heavy atom. The number of carboxylic acid groups (broad SMARTS) is 1. The first-order chi connectivity index (χ1) is 15.0. The number of amides is 2. The summed E-state index contributed by atoms with van der Waals surface area (Å²) < 4.78 is 40.0. The molecular weight excluding hydrogens is 427 g/mol. The van der Waals surface area contributed by atoms with Gasteiger partial charge in [-0.15, -0.1) is 0 Å². The lowest BCUT2D eigenvalue weighted by Crippen LogP contribution is -2.59. The number of halogens is 3. The van der Waals surface area contributed by atoms with Crippen LogP contribution in [0.3, 0.4) is 0 Å². The van der Waals surface area contributed by atoms with E-state index < -0.39 is 29.3 Å². The Hall–Kier alpha value is -3.81. The van der Waals surface area contributed by atoms with Gasteiger partial charge in [-0.1, -0.05) is 0 Å². The number of anilines is 2. The molecule has 1 aliphatic heterocycles. The number of aromatic carboxylic acids is 1. The van der Waals surface area contributed by atoms with Crippen LogP contribution in [0.4, 0.5) is 29.3 Å². The number of pyridine rings is 1. The van der Waals surface area contributed by atoms with E-state index in [1.54, 1.807) is 24.8 Å². The highest BCUT2D eigenvalue weighted by molar-refractivity contribution is 5.91. The fraction of sp³-hybridized carbons (Fsp3) is 0.333. The van der Waals surface area contributed by atoms with Crippen LogP contribution < -0.4 is 15.3 Å². The molecule has 0 spiro atoms. The Kier molecular flexibility index (Phi) is 6.25. The van der Waals surface area contributed by atoms with Crippen molar-refractivity contribution >= 4 is 23.4 Å². The molecule has 168 valence electrons. The number of benzene rings is 1. The molecule has 1 aromatic heterocycles. The number of carboxylic acids is 1. The summed E-state index contributed by atoms with van der Waals surface area (Å²) >= 11 is 0. The molecule has 2 atom stereocenters. The molecule has 2 amide bonds. The number of aromatic nitrogens is 1. The zero-order valence-corrected chi connectivity index (χ0v) is 17.2. The number of alkyl halides is 3. The van der Waals surface area contributed by atoms with Gasteiger partial charge in [-0.3, -0.25) is 4.98 Å². The van der Waals surface area contributed by atoms with Crippen LogP contribution in [0.1, 0.15) is 35.5 Å². The van der Waals surface area contributed by atoms with Crippen LogP contribution in [0.2, 0.25) is 0 Å². The lowest BCUT2D eigenvalue weighted by Gasteiger charge is -2.45. The molecule has 0 aliphatic carbocycles. The van der Waals surface area contributed by atoms with E-state index in [4.69, 9.17) is 5.26 Å². The molecule has 2 unspecified atom stereocenters. The smallest absolute Gasteiger partial charge is 0.417 e. The third-order valence-electron chi connectivity index (χ3n) is 5.23. The number of rotatable bonds is 3. The van der Waals surface area contributed by atoms with Crippen LogP contribution in [0.5, 0.6) is 0 Å². The van der Waals surface area contributed by atoms with Crippen molar-refractivity contribution in [2.75, 3.05) is 23.3 Å². The summed E-state index contributed by atoms with van der Waals surface area (Å²) in [5.74, 6) is -1.47. The van der Waals surface area contributed by atoms with Crippen molar-refractivity contribution < 1.29 is 27.9 Å². The lowest BCUT2D eigenvalue weighted by atomic mass is 10.0. The van der Waals surface area contributed by atoms with Gasteiger partial charge >= 0.3 is 12.2 Å². The maximum atomic E-state index is 13.3. The number of carbonyl (C=O) groups is 2. The summed E-state index contributed by atoms with van der Waals surface area (Å²) in [5, 5.41) is 22.5. The van der Waals surface area contributed by atoms with Crippen molar-refractivity contribution in [3.8, 4) is 6.07 Å². The molecule has 0 saturated carbocycles. The van der Waals surface area contributed by atoms with Gasteiger partial charge in [0.1, 0.15) is 0 Å². The minimum Gasteiger partial charge on any atom is -0.543 e. The van der Waals surface area contributed by atoms with Gasteiger partial charge in [-0.05, 0) is 44.2 Å².